The van der Waals surface area contributed by atoms with E-state index >= 15 is 0 Å². The van der Waals surface area contributed by atoms with Crippen molar-refractivity contribution in [3.05, 3.63) is 35.4 Å². The van der Waals surface area contributed by atoms with Crippen LogP contribution < -0.4 is 5.32 Å². The number of carbonyl (C=O) groups excluding carboxylic acids is 1. The van der Waals surface area contributed by atoms with Gasteiger partial charge in [0.15, 0.2) is 5.82 Å². The van der Waals surface area contributed by atoms with Gasteiger partial charge >= 0.3 is 0 Å². The summed E-state index contributed by atoms with van der Waals surface area (Å²) in [5.41, 5.74) is 0.820. The van der Waals surface area contributed by atoms with Gasteiger partial charge in [-0.1, -0.05) is 0 Å². The van der Waals surface area contributed by atoms with Crippen LogP contribution in [-0.2, 0) is 13.2 Å². The van der Waals surface area contributed by atoms with Crippen LogP contribution in [0, 0.1) is 6.92 Å². The first kappa shape index (κ1) is 16.6. The number of aryl methyl sites for hydroxylation is 1. The Labute approximate surface area is 149 Å². The molecule has 0 unspecified atom stereocenters. The van der Waals surface area contributed by atoms with Gasteiger partial charge in [-0.3, -0.25) is 9.20 Å². The Morgan fingerprint density at radius 2 is 2.12 bits per heavy atom. The number of hydrogen-bond donors (Lipinski definition) is 2. The van der Waals surface area contributed by atoms with Crippen molar-refractivity contribution in [2.24, 2.45) is 0 Å². The molecule has 0 aromatic carbocycles. The maximum absolute atomic E-state index is 12.5. The number of amides is 1. The first-order chi connectivity index (χ1) is 12.6. The molecule has 0 aliphatic heterocycles. The molecular weight excluding hydrogens is 336 g/mol. The summed E-state index contributed by atoms with van der Waals surface area (Å²) in [5.74, 6) is 2.05. The number of fused-ring (bicyclic) bond motifs is 1. The van der Waals surface area contributed by atoms with E-state index in [-0.39, 0.29) is 30.3 Å². The van der Waals surface area contributed by atoms with E-state index in [4.69, 9.17) is 0 Å². The van der Waals surface area contributed by atoms with Crippen molar-refractivity contribution < 1.29 is 9.90 Å². The highest BCUT2D eigenvalue weighted by Gasteiger charge is 2.35. The summed E-state index contributed by atoms with van der Waals surface area (Å²) in [6, 6.07) is 1.86. The van der Waals surface area contributed by atoms with E-state index in [0.717, 1.165) is 24.4 Å². The van der Waals surface area contributed by atoms with E-state index in [2.05, 4.69) is 30.7 Å². The summed E-state index contributed by atoms with van der Waals surface area (Å²) in [5, 5.41) is 28.4. The quantitative estimate of drug-likeness (QED) is 0.670. The molecule has 2 N–H and O–H groups in total. The van der Waals surface area contributed by atoms with Gasteiger partial charge in [-0.25, -0.2) is 4.98 Å². The van der Waals surface area contributed by atoms with Crippen LogP contribution in [0.3, 0.4) is 0 Å². The van der Waals surface area contributed by atoms with Crippen LogP contribution in [0.5, 0.6) is 0 Å². The minimum atomic E-state index is -0.264. The summed E-state index contributed by atoms with van der Waals surface area (Å²) in [6.45, 7) is 4.45. The van der Waals surface area contributed by atoms with Crippen LogP contribution in [0.25, 0.3) is 5.78 Å². The molecule has 3 heterocycles. The summed E-state index contributed by atoms with van der Waals surface area (Å²) >= 11 is 0. The Kier molecular flexibility index (Phi) is 4.11. The normalized spacial score (nSPS) is 19.5. The highest BCUT2D eigenvalue weighted by molar-refractivity contribution is 5.91. The highest BCUT2D eigenvalue weighted by atomic mass is 16.3. The van der Waals surface area contributed by atoms with E-state index < -0.39 is 0 Å². The maximum Gasteiger partial charge on any atom is 0.289 e. The van der Waals surface area contributed by atoms with E-state index in [1.807, 2.05) is 24.5 Å². The monoisotopic (exact) mass is 356 g/mol. The standard InChI is InChI=1S/C16H20N8O2/c1-3-23-12(8-25)19-20-13(23)10-6-11(7-10)18-15(26)14-21-22-16-17-9(2)4-5-24(14)16/h4-5,10-11,25H,3,6-8H2,1-2H3,(H,18,26). The SMILES string of the molecule is CCn1c(CO)nnc1C1CC(NC(=O)c2nnc3nc(C)ccn23)C1. The molecule has 0 bridgehead atoms. The average Bonchev–Trinajstić information content (AvgIpc) is 3.20. The Balaban J connectivity index is 1.42. The molecule has 3 aromatic rings. The Morgan fingerprint density at radius 3 is 2.85 bits per heavy atom. The zero-order valence-electron chi connectivity index (χ0n) is 14.6. The van der Waals surface area contributed by atoms with Crippen molar-refractivity contribution in [2.75, 3.05) is 0 Å². The van der Waals surface area contributed by atoms with Crippen molar-refractivity contribution in [2.45, 2.75) is 51.8 Å². The lowest BCUT2D eigenvalue weighted by Crippen LogP contribution is -2.44. The Hall–Kier alpha value is -2.88. The molecule has 10 heteroatoms. The molecule has 1 aliphatic carbocycles. The molecule has 4 rings (SSSR count). The van der Waals surface area contributed by atoms with Crippen LogP contribution >= 0.6 is 0 Å². The number of nitrogens with zero attached hydrogens (tertiary/aromatic N) is 7. The second kappa shape index (κ2) is 6.45. The van der Waals surface area contributed by atoms with Gasteiger partial charge in [0.1, 0.15) is 12.4 Å². The second-order valence-electron chi connectivity index (χ2n) is 6.48. The molecular formula is C16H20N8O2. The van der Waals surface area contributed by atoms with Gasteiger partial charge in [0.05, 0.1) is 0 Å². The van der Waals surface area contributed by atoms with Gasteiger partial charge in [-0.15, -0.1) is 20.4 Å². The van der Waals surface area contributed by atoms with Gasteiger partial charge in [-0.2, -0.15) is 0 Å². The minimum absolute atomic E-state index is 0.0536. The fraction of sp³-hybridized carbons (Fsp3) is 0.500. The van der Waals surface area contributed by atoms with Crippen LogP contribution in [-0.4, -0.2) is 51.4 Å². The second-order valence-corrected chi connectivity index (χ2v) is 6.48. The molecule has 0 atom stereocenters. The molecule has 3 aromatic heterocycles. The van der Waals surface area contributed by atoms with Crippen molar-refractivity contribution in [3.8, 4) is 0 Å². The number of nitrogens with one attached hydrogen (secondary N) is 1. The fourth-order valence-corrected chi connectivity index (χ4v) is 3.34. The zero-order chi connectivity index (χ0) is 18.3. The zero-order valence-corrected chi connectivity index (χ0v) is 14.6. The van der Waals surface area contributed by atoms with E-state index in [1.54, 1.807) is 10.6 Å². The number of aliphatic hydroxyl groups is 1. The van der Waals surface area contributed by atoms with E-state index in [1.165, 1.54) is 0 Å². The molecule has 0 saturated heterocycles. The van der Waals surface area contributed by atoms with E-state index in [0.29, 0.717) is 18.1 Å². The number of aliphatic hydroxyl groups excluding tert-OH is 1. The number of hydrogen-bond acceptors (Lipinski definition) is 7. The molecule has 0 radical (unpaired) electrons. The lowest BCUT2D eigenvalue weighted by Gasteiger charge is -2.35. The lowest BCUT2D eigenvalue weighted by atomic mass is 9.79. The fourth-order valence-electron chi connectivity index (χ4n) is 3.34. The summed E-state index contributed by atoms with van der Waals surface area (Å²) in [4.78, 5) is 16.7. The third-order valence-electron chi connectivity index (χ3n) is 4.77. The minimum Gasteiger partial charge on any atom is -0.388 e. The Bertz CT molecular complexity index is 956. The first-order valence-corrected chi connectivity index (χ1v) is 8.62. The topological polar surface area (TPSA) is 123 Å². The highest BCUT2D eigenvalue weighted by Crippen LogP contribution is 2.36. The van der Waals surface area contributed by atoms with Crippen LogP contribution in [0.2, 0.25) is 0 Å². The third-order valence-corrected chi connectivity index (χ3v) is 4.77. The van der Waals surface area contributed by atoms with Crippen LogP contribution in [0.1, 0.15) is 53.6 Å². The van der Waals surface area contributed by atoms with Gasteiger partial charge in [0.25, 0.3) is 11.7 Å². The largest absolute Gasteiger partial charge is 0.388 e. The van der Waals surface area contributed by atoms with Gasteiger partial charge in [0, 0.05) is 30.4 Å². The molecule has 1 aliphatic rings. The third kappa shape index (κ3) is 2.71. The predicted octanol–water partition coefficient (Wildman–Crippen LogP) is 0.212. The van der Waals surface area contributed by atoms with Crippen molar-refractivity contribution in [1.82, 2.24) is 39.7 Å². The van der Waals surface area contributed by atoms with Crippen molar-refractivity contribution in [1.29, 1.82) is 0 Å². The average molecular weight is 356 g/mol. The molecule has 26 heavy (non-hydrogen) atoms. The molecule has 1 amide bonds. The van der Waals surface area contributed by atoms with Gasteiger partial charge in [-0.05, 0) is 32.8 Å². The van der Waals surface area contributed by atoms with Crippen molar-refractivity contribution in [3.63, 3.8) is 0 Å². The molecule has 1 saturated carbocycles. The Morgan fingerprint density at radius 1 is 1.31 bits per heavy atom. The van der Waals surface area contributed by atoms with Crippen LogP contribution in [0.15, 0.2) is 12.3 Å². The maximum atomic E-state index is 12.5. The first-order valence-electron chi connectivity index (χ1n) is 8.62. The van der Waals surface area contributed by atoms with E-state index in [9.17, 15) is 9.90 Å². The number of aromatic nitrogens is 7. The molecule has 0 spiro atoms. The van der Waals surface area contributed by atoms with Crippen LogP contribution in [0.4, 0.5) is 0 Å². The summed E-state index contributed by atoms with van der Waals surface area (Å²) in [6.07, 6.45) is 3.31. The van der Waals surface area contributed by atoms with Gasteiger partial charge in [0.2, 0.25) is 5.82 Å². The number of carbonyl (C=O) groups is 1. The number of rotatable bonds is 5. The van der Waals surface area contributed by atoms with Gasteiger partial charge < -0.3 is 15.0 Å². The smallest absolute Gasteiger partial charge is 0.289 e. The molecule has 136 valence electrons. The van der Waals surface area contributed by atoms with Crippen molar-refractivity contribution >= 4 is 11.7 Å². The predicted molar refractivity (Wildman–Crippen MR) is 90.4 cm³/mol. The molecule has 10 nitrogen and oxygen atoms in total. The lowest BCUT2D eigenvalue weighted by molar-refractivity contribution is 0.0894. The summed E-state index contributed by atoms with van der Waals surface area (Å²) < 4.78 is 3.52. The molecule has 1 fully saturated rings. The summed E-state index contributed by atoms with van der Waals surface area (Å²) in [7, 11) is 0.